The topological polar surface area (TPSA) is 0 Å². The van der Waals surface area contributed by atoms with Crippen molar-refractivity contribution in [1.29, 1.82) is 0 Å². The number of rotatable bonds is 15. The van der Waals surface area contributed by atoms with Gasteiger partial charge >= 0.3 is 0 Å². The van der Waals surface area contributed by atoms with Crippen LogP contribution < -0.4 is 0 Å². The molecule has 4 unspecified atom stereocenters. The molecule has 0 nitrogen and oxygen atoms in total. The third-order valence-corrected chi connectivity index (χ3v) is 31.8. The normalized spacial score (nSPS) is 23.1. The molecule has 0 N–H and O–H groups in total. The largest absolute Gasteiger partial charge is 0.0946 e. The number of benzene rings is 1. The van der Waals surface area contributed by atoms with Gasteiger partial charge in [0.1, 0.15) is 0 Å². The Morgan fingerprint density at radius 3 is 0.942 bits per heavy atom. The molecule has 0 aromatic heterocycles. The number of hydrogen-bond acceptors (Lipinski definition) is 0. The molecule has 7 rings (SSSR count). The van der Waals surface area contributed by atoms with E-state index in [0.717, 1.165) is 12.8 Å². The minimum absolute atomic E-state index is 0.0147. The highest BCUT2D eigenvalue weighted by molar-refractivity contribution is 5.93. The van der Waals surface area contributed by atoms with Crippen LogP contribution in [-0.4, -0.2) is 0 Å². The maximum absolute atomic E-state index is 5.02. The smallest absolute Gasteiger partial charge is 0.0127 e. The Morgan fingerprint density at radius 2 is 0.628 bits per heavy atom. The summed E-state index contributed by atoms with van der Waals surface area (Å²) in [6.45, 7) is 113. The van der Waals surface area contributed by atoms with Gasteiger partial charge in [-0.25, -0.2) is 0 Å². The Morgan fingerprint density at radius 1 is 0.337 bits per heavy atom. The van der Waals surface area contributed by atoms with Gasteiger partial charge in [-0.2, -0.15) is 0 Å². The molecule has 478 valence electrons. The second-order valence-electron chi connectivity index (χ2n) is 38.0. The first-order valence-corrected chi connectivity index (χ1v) is 34.6. The summed E-state index contributed by atoms with van der Waals surface area (Å²) in [6.07, 6.45) is 1.98. The summed E-state index contributed by atoms with van der Waals surface area (Å²) >= 11 is 0. The van der Waals surface area contributed by atoms with Gasteiger partial charge in [0, 0.05) is 23.7 Å². The van der Waals surface area contributed by atoms with Gasteiger partial charge in [-0.15, -0.1) is 0 Å². The van der Waals surface area contributed by atoms with Gasteiger partial charge in [0.2, 0.25) is 0 Å². The van der Waals surface area contributed by atoms with Crippen molar-refractivity contribution in [2.24, 2.45) is 77.8 Å². The van der Waals surface area contributed by atoms with Crippen LogP contribution in [0, 0.1) is 77.8 Å². The Balaban J connectivity index is 1.65. The van der Waals surface area contributed by atoms with Crippen molar-refractivity contribution in [2.75, 3.05) is 0 Å². The summed E-state index contributed by atoms with van der Waals surface area (Å²) in [4.78, 5) is 0. The van der Waals surface area contributed by atoms with Gasteiger partial charge in [-0.05, 0) is 268 Å². The van der Waals surface area contributed by atoms with E-state index in [0.29, 0.717) is 17.8 Å². The van der Waals surface area contributed by atoms with E-state index >= 15 is 0 Å². The van der Waals surface area contributed by atoms with Crippen LogP contribution >= 0.6 is 0 Å². The van der Waals surface area contributed by atoms with Gasteiger partial charge in [-0.3, -0.25) is 0 Å². The Kier molecular flexibility index (Phi) is 16.8. The summed E-state index contributed by atoms with van der Waals surface area (Å²) < 4.78 is 0. The van der Waals surface area contributed by atoms with Crippen LogP contribution in [-0.2, 0) is 10.8 Å². The Hall–Kier alpha value is -3.38. The lowest BCUT2D eigenvalue weighted by molar-refractivity contribution is -0.155. The Labute approximate surface area is 534 Å². The van der Waals surface area contributed by atoms with Crippen molar-refractivity contribution in [3.8, 4) is 0 Å². The van der Waals surface area contributed by atoms with Crippen molar-refractivity contribution in [1.82, 2.24) is 0 Å². The molecule has 0 spiro atoms. The van der Waals surface area contributed by atoms with E-state index in [9.17, 15) is 0 Å². The zero-order chi connectivity index (χ0) is 66.7. The van der Waals surface area contributed by atoms with Crippen molar-refractivity contribution in [3.05, 3.63) is 136 Å². The summed E-state index contributed by atoms with van der Waals surface area (Å²) in [7, 11) is 0. The zero-order valence-electron chi connectivity index (χ0n) is 64.3. The molecule has 0 fully saturated rings. The SMILES string of the molecule is C=C1C2=C(C3=C(C)C(C)=C(C4=C(C)c5c(c(C(C)(C)C(C)(C)C(C)(C)C(C)(C)C(C)(C)C(C)(C)C)c6c(c5C(C)(C)C(C)(C)C(C)(C)C(C)(C)C(C)(C)C(C)(C)C)C(C(C)C)C(C)=C6C)C4C(C)C)C3)C(C)C(=C)C2=C(C2=C(C)C(C)=C(C)C2)C1C. The van der Waals surface area contributed by atoms with E-state index < -0.39 is 0 Å². The lowest BCUT2D eigenvalue weighted by atomic mass is 9.38. The van der Waals surface area contributed by atoms with Crippen LogP contribution in [0.25, 0.3) is 11.1 Å². The standard InChI is InChI=1S/C86H134/c1-45(2)62-52(10)57(15)69-71(62)74(78(25,26)82(33,34)86(41,42)84(37,38)80(29,30)76(20,21)22)70-58(16)66(63(46(3)4)72(70)73(69)77(23,24)81(31,32)85(39,40)83(35,36)79(27,28)75(17,18)19)61-44-60(50(8)51(61)9)65-54(12)56(14)67-64(53(11)55(13)68(65)67)59-43-47(5)48(6)49(59)7/h45-46,53-54,62-63H,13-14,43-44H2,1-12,15-42H3. The second kappa shape index (κ2) is 20.6. The van der Waals surface area contributed by atoms with Crippen LogP contribution in [0.15, 0.2) is 102 Å². The molecule has 0 bridgehead atoms. The third-order valence-electron chi connectivity index (χ3n) is 31.8. The van der Waals surface area contributed by atoms with Crippen molar-refractivity contribution in [2.45, 2.75) is 312 Å². The first kappa shape index (κ1) is 70.1. The van der Waals surface area contributed by atoms with E-state index in [-0.39, 0.29) is 82.7 Å². The molecule has 1 aromatic rings. The monoisotopic (exact) mass is 1170 g/mol. The van der Waals surface area contributed by atoms with Crippen LogP contribution in [0.2, 0.25) is 0 Å². The molecule has 0 heterocycles. The highest BCUT2D eigenvalue weighted by Gasteiger charge is 2.66. The van der Waals surface area contributed by atoms with Crippen molar-refractivity contribution >= 4 is 11.1 Å². The van der Waals surface area contributed by atoms with Crippen molar-refractivity contribution < 1.29 is 0 Å². The zero-order valence-corrected chi connectivity index (χ0v) is 64.3. The van der Waals surface area contributed by atoms with E-state index in [2.05, 4.69) is 277 Å². The van der Waals surface area contributed by atoms with E-state index in [1.807, 2.05) is 0 Å². The molecule has 4 atom stereocenters. The summed E-state index contributed by atoms with van der Waals surface area (Å²) in [5.74, 6) is 1.74. The van der Waals surface area contributed by atoms with Gasteiger partial charge in [0.15, 0.2) is 0 Å². The maximum Gasteiger partial charge on any atom is 0.0127 e. The number of hydrogen-bond donors (Lipinski definition) is 0. The van der Waals surface area contributed by atoms with Gasteiger partial charge in [0.25, 0.3) is 0 Å². The summed E-state index contributed by atoms with van der Waals surface area (Å²) in [5.41, 5.74) is 35.4. The van der Waals surface area contributed by atoms with Crippen LogP contribution in [0.3, 0.4) is 0 Å². The quantitative estimate of drug-likeness (QED) is 0.164. The van der Waals surface area contributed by atoms with Crippen LogP contribution in [0.1, 0.15) is 335 Å². The second-order valence-corrected chi connectivity index (χ2v) is 38.0. The average Bonchev–Trinajstić information content (AvgIpc) is 1.32. The number of fused-ring (bicyclic) bond motifs is 3. The molecule has 0 heteroatoms. The van der Waals surface area contributed by atoms with Gasteiger partial charge < -0.3 is 0 Å². The molecule has 86 heavy (non-hydrogen) atoms. The molecule has 6 aliphatic carbocycles. The fraction of sp³-hybridized carbons (Fsp3) is 0.698. The first-order valence-electron chi connectivity index (χ1n) is 34.6. The van der Waals surface area contributed by atoms with Crippen LogP contribution in [0.4, 0.5) is 0 Å². The molecule has 1 aromatic carbocycles. The minimum atomic E-state index is -0.285. The maximum atomic E-state index is 5.02. The van der Waals surface area contributed by atoms with E-state index in [1.54, 1.807) is 50.1 Å². The third kappa shape index (κ3) is 8.68. The molecule has 0 aliphatic heterocycles. The van der Waals surface area contributed by atoms with Crippen LogP contribution in [0.5, 0.6) is 0 Å². The molecule has 0 saturated carbocycles. The van der Waals surface area contributed by atoms with E-state index in [1.165, 1.54) is 83.6 Å². The lowest BCUT2D eigenvalue weighted by Gasteiger charge is -2.66. The van der Waals surface area contributed by atoms with E-state index in [4.69, 9.17) is 13.2 Å². The predicted octanol–water partition coefficient (Wildman–Crippen LogP) is 26.7. The van der Waals surface area contributed by atoms with Crippen molar-refractivity contribution in [3.63, 3.8) is 0 Å². The molecular weight excluding hydrogens is 1030 g/mol. The first-order chi connectivity index (χ1) is 38.3. The molecular formula is C86H134. The van der Waals surface area contributed by atoms with Gasteiger partial charge in [0.05, 0.1) is 0 Å². The summed E-state index contributed by atoms with van der Waals surface area (Å²) in [6, 6.07) is 0. The fourth-order valence-electron chi connectivity index (χ4n) is 19.6. The Bertz CT molecular complexity index is 3370. The van der Waals surface area contributed by atoms with Gasteiger partial charge in [-0.1, -0.05) is 246 Å². The summed E-state index contributed by atoms with van der Waals surface area (Å²) in [5, 5.41) is 0. The number of allylic oxidation sites excluding steroid dienone is 18. The minimum Gasteiger partial charge on any atom is -0.0946 e. The predicted molar refractivity (Wildman–Crippen MR) is 384 cm³/mol. The highest BCUT2D eigenvalue weighted by atomic mass is 14.7. The lowest BCUT2D eigenvalue weighted by Crippen LogP contribution is -2.60. The molecule has 0 radical (unpaired) electrons. The molecule has 0 amide bonds. The average molecular weight is 1170 g/mol. The fourth-order valence-corrected chi connectivity index (χ4v) is 19.6. The molecule has 6 aliphatic rings. The molecule has 0 saturated heterocycles. The highest BCUT2D eigenvalue weighted by Crippen LogP contribution is 2.74.